The highest BCUT2D eigenvalue weighted by atomic mass is 16.2. The van der Waals surface area contributed by atoms with Crippen LogP contribution in [0.25, 0.3) is 0 Å². The molecule has 0 radical (unpaired) electrons. The number of ketones is 1. The fourth-order valence-corrected chi connectivity index (χ4v) is 1.01. The Morgan fingerprint density at radius 2 is 1.91 bits per heavy atom. The van der Waals surface area contributed by atoms with Crippen molar-refractivity contribution in [2.45, 2.75) is 26.2 Å². The number of rotatable bonds is 3. The van der Waals surface area contributed by atoms with E-state index in [0.29, 0.717) is 12.8 Å². The monoisotopic (exact) mass is 155 g/mol. The first-order valence-electron chi connectivity index (χ1n) is 3.97. The number of hydrogen-bond donors (Lipinski definition) is 0. The van der Waals surface area contributed by atoms with Crippen molar-refractivity contribution in [3.05, 3.63) is 0 Å². The molecule has 1 fully saturated rings. The molecule has 0 aromatic rings. The maximum Gasteiger partial charge on any atom is 0.223 e. The van der Waals surface area contributed by atoms with Gasteiger partial charge in [-0.1, -0.05) is 0 Å². The van der Waals surface area contributed by atoms with Gasteiger partial charge in [0.2, 0.25) is 5.91 Å². The van der Waals surface area contributed by atoms with E-state index in [0.717, 1.165) is 19.5 Å². The third-order valence-electron chi connectivity index (χ3n) is 1.90. The number of Topliss-reactive ketones (excluding diaryl/α,β-unsaturated/α-hetero) is 1. The van der Waals surface area contributed by atoms with Gasteiger partial charge in [-0.2, -0.15) is 0 Å². The van der Waals surface area contributed by atoms with Gasteiger partial charge in [-0.25, -0.2) is 0 Å². The first-order valence-corrected chi connectivity index (χ1v) is 3.97. The summed E-state index contributed by atoms with van der Waals surface area (Å²) in [5, 5.41) is 0. The van der Waals surface area contributed by atoms with Crippen LogP contribution in [0.2, 0.25) is 0 Å². The molecule has 1 amide bonds. The Morgan fingerprint density at radius 3 is 2.27 bits per heavy atom. The van der Waals surface area contributed by atoms with Crippen molar-refractivity contribution < 1.29 is 9.59 Å². The molecule has 0 saturated carbocycles. The van der Waals surface area contributed by atoms with E-state index in [9.17, 15) is 9.59 Å². The molecule has 1 rings (SSSR count). The van der Waals surface area contributed by atoms with E-state index >= 15 is 0 Å². The fourth-order valence-electron chi connectivity index (χ4n) is 1.01. The van der Waals surface area contributed by atoms with Gasteiger partial charge in [0, 0.05) is 25.9 Å². The summed E-state index contributed by atoms with van der Waals surface area (Å²) in [5.74, 6) is 0.227. The molecule has 3 nitrogen and oxygen atoms in total. The third kappa shape index (κ3) is 2.33. The van der Waals surface area contributed by atoms with E-state index < -0.39 is 0 Å². The zero-order valence-electron chi connectivity index (χ0n) is 6.80. The SMILES string of the molecule is CC(=O)CCC(=O)N1CCC1. The zero-order chi connectivity index (χ0) is 8.27. The second-order valence-corrected chi connectivity index (χ2v) is 2.94. The normalized spacial score (nSPS) is 15.9. The molecule has 0 bridgehead atoms. The van der Waals surface area contributed by atoms with Gasteiger partial charge < -0.3 is 9.69 Å². The number of hydrogen-bond acceptors (Lipinski definition) is 2. The average molecular weight is 155 g/mol. The van der Waals surface area contributed by atoms with Crippen molar-refractivity contribution >= 4 is 11.7 Å². The van der Waals surface area contributed by atoms with Gasteiger partial charge in [0.05, 0.1) is 0 Å². The predicted octanol–water partition coefficient (Wildman–Crippen LogP) is 0.588. The van der Waals surface area contributed by atoms with Crippen molar-refractivity contribution in [1.82, 2.24) is 4.90 Å². The molecule has 3 heteroatoms. The molecule has 1 aliphatic rings. The lowest BCUT2D eigenvalue weighted by molar-refractivity contribution is -0.136. The fraction of sp³-hybridized carbons (Fsp3) is 0.750. The second kappa shape index (κ2) is 3.51. The van der Waals surface area contributed by atoms with Gasteiger partial charge in [0.1, 0.15) is 5.78 Å². The van der Waals surface area contributed by atoms with Crippen LogP contribution in [0.1, 0.15) is 26.2 Å². The lowest BCUT2D eigenvalue weighted by atomic mass is 10.1. The van der Waals surface area contributed by atoms with Crippen LogP contribution in [0.3, 0.4) is 0 Å². The van der Waals surface area contributed by atoms with E-state index in [1.165, 1.54) is 6.92 Å². The first-order chi connectivity index (χ1) is 5.20. The van der Waals surface area contributed by atoms with Gasteiger partial charge in [-0.3, -0.25) is 4.79 Å². The number of carbonyl (C=O) groups is 2. The molecule has 62 valence electrons. The zero-order valence-corrected chi connectivity index (χ0v) is 6.80. The Labute approximate surface area is 66.4 Å². The lowest BCUT2D eigenvalue weighted by Crippen LogP contribution is -2.42. The van der Waals surface area contributed by atoms with Crippen molar-refractivity contribution in [1.29, 1.82) is 0 Å². The second-order valence-electron chi connectivity index (χ2n) is 2.94. The van der Waals surface area contributed by atoms with Crippen LogP contribution >= 0.6 is 0 Å². The van der Waals surface area contributed by atoms with Crippen LogP contribution in [0.4, 0.5) is 0 Å². The van der Waals surface area contributed by atoms with Gasteiger partial charge in [-0.05, 0) is 13.3 Å². The van der Waals surface area contributed by atoms with Crippen LogP contribution in [-0.4, -0.2) is 29.7 Å². The maximum absolute atomic E-state index is 11.1. The summed E-state index contributed by atoms with van der Waals surface area (Å²) in [6.45, 7) is 3.29. The van der Waals surface area contributed by atoms with Crippen LogP contribution in [0, 0.1) is 0 Å². The highest BCUT2D eigenvalue weighted by molar-refractivity contribution is 5.83. The molecule has 0 aliphatic carbocycles. The Bertz CT molecular complexity index is 173. The number of likely N-dealkylation sites (tertiary alicyclic amines) is 1. The standard InChI is InChI=1S/C8H13NO2/c1-7(10)3-4-8(11)9-5-2-6-9/h2-6H2,1H3. The number of amides is 1. The molecule has 0 aromatic carbocycles. The minimum absolute atomic E-state index is 0.0962. The summed E-state index contributed by atoms with van der Waals surface area (Å²) >= 11 is 0. The molecule has 0 aromatic heterocycles. The molecular formula is C8H13NO2. The van der Waals surface area contributed by atoms with Gasteiger partial charge in [-0.15, -0.1) is 0 Å². The molecule has 0 unspecified atom stereocenters. The summed E-state index contributed by atoms with van der Waals surface area (Å²) in [4.78, 5) is 23.4. The highest BCUT2D eigenvalue weighted by Gasteiger charge is 2.19. The minimum atomic E-state index is 0.0962. The van der Waals surface area contributed by atoms with Gasteiger partial charge in [0.25, 0.3) is 0 Å². The molecule has 1 saturated heterocycles. The summed E-state index contributed by atoms with van der Waals surface area (Å²) in [5.41, 5.74) is 0. The third-order valence-corrected chi connectivity index (χ3v) is 1.90. The smallest absolute Gasteiger partial charge is 0.223 e. The van der Waals surface area contributed by atoms with Crippen LogP contribution in [-0.2, 0) is 9.59 Å². The Balaban J connectivity index is 2.15. The first kappa shape index (κ1) is 8.24. The molecule has 1 heterocycles. The van der Waals surface area contributed by atoms with Gasteiger partial charge in [0.15, 0.2) is 0 Å². The van der Waals surface area contributed by atoms with E-state index in [4.69, 9.17) is 0 Å². The van der Waals surface area contributed by atoms with Crippen molar-refractivity contribution in [3.8, 4) is 0 Å². The molecular weight excluding hydrogens is 142 g/mol. The van der Waals surface area contributed by atoms with E-state index in [1.54, 1.807) is 4.90 Å². The van der Waals surface area contributed by atoms with E-state index in [2.05, 4.69) is 0 Å². The highest BCUT2D eigenvalue weighted by Crippen LogP contribution is 2.08. The Kier molecular flexibility index (Phi) is 2.63. The molecule has 11 heavy (non-hydrogen) atoms. The summed E-state index contributed by atoms with van der Waals surface area (Å²) in [6, 6.07) is 0. The molecule has 0 N–H and O–H groups in total. The topological polar surface area (TPSA) is 37.4 Å². The summed E-state index contributed by atoms with van der Waals surface area (Å²) < 4.78 is 0. The minimum Gasteiger partial charge on any atom is -0.343 e. The van der Waals surface area contributed by atoms with Crippen molar-refractivity contribution in [3.63, 3.8) is 0 Å². The van der Waals surface area contributed by atoms with Crippen molar-refractivity contribution in [2.24, 2.45) is 0 Å². The summed E-state index contributed by atoms with van der Waals surface area (Å²) in [6.07, 6.45) is 1.91. The average Bonchev–Trinajstić information content (AvgIpc) is 1.79. The summed E-state index contributed by atoms with van der Waals surface area (Å²) in [7, 11) is 0. The molecule has 1 aliphatic heterocycles. The van der Waals surface area contributed by atoms with E-state index in [-0.39, 0.29) is 11.7 Å². The predicted molar refractivity (Wildman–Crippen MR) is 41.1 cm³/mol. The van der Waals surface area contributed by atoms with Crippen molar-refractivity contribution in [2.75, 3.05) is 13.1 Å². The van der Waals surface area contributed by atoms with E-state index in [1.807, 2.05) is 0 Å². The van der Waals surface area contributed by atoms with Crippen LogP contribution < -0.4 is 0 Å². The number of carbonyl (C=O) groups excluding carboxylic acids is 2. The lowest BCUT2D eigenvalue weighted by Gasteiger charge is -2.30. The van der Waals surface area contributed by atoms with Gasteiger partial charge >= 0.3 is 0 Å². The molecule has 0 spiro atoms. The Hall–Kier alpha value is -0.860. The Morgan fingerprint density at radius 1 is 1.27 bits per heavy atom. The quantitative estimate of drug-likeness (QED) is 0.598. The van der Waals surface area contributed by atoms with Crippen LogP contribution in [0.15, 0.2) is 0 Å². The molecule has 0 atom stereocenters. The van der Waals surface area contributed by atoms with Crippen LogP contribution in [0.5, 0.6) is 0 Å². The number of nitrogens with zero attached hydrogens (tertiary/aromatic N) is 1. The largest absolute Gasteiger partial charge is 0.343 e. The maximum atomic E-state index is 11.1.